The molecule has 3 nitrogen and oxygen atoms in total. The second-order valence-electron chi connectivity index (χ2n) is 2.97. The van der Waals surface area contributed by atoms with E-state index in [9.17, 15) is 0 Å². The Kier molecular flexibility index (Phi) is 1.57. The van der Waals surface area contributed by atoms with Crippen LogP contribution in [0.1, 0.15) is 11.3 Å². The van der Waals surface area contributed by atoms with Gasteiger partial charge in [0.05, 0.1) is 0 Å². The Bertz CT molecular complexity index is 379. The van der Waals surface area contributed by atoms with Crippen molar-refractivity contribution < 1.29 is 0 Å². The van der Waals surface area contributed by atoms with Crippen molar-refractivity contribution >= 4 is 6.20 Å². The molecule has 1 aromatic heterocycles. The average molecular weight is 161 g/mol. The molecule has 0 spiro atoms. The summed E-state index contributed by atoms with van der Waals surface area (Å²) in [5, 5.41) is 4.14. The minimum Gasteiger partial charge on any atom is -0.372 e. The van der Waals surface area contributed by atoms with Gasteiger partial charge < -0.3 is 5.32 Å². The third-order valence-corrected chi connectivity index (χ3v) is 2.05. The van der Waals surface area contributed by atoms with Gasteiger partial charge >= 0.3 is 0 Å². The number of nitrogens with one attached hydrogen (secondary N) is 1. The number of hydrogen-bond donors (Lipinski definition) is 1. The molecular formula is C9H11N3. The lowest BCUT2D eigenvalue weighted by Crippen LogP contribution is -2.36. The van der Waals surface area contributed by atoms with Gasteiger partial charge in [-0.3, -0.25) is 0 Å². The standard InChI is InChI=1S/C9H11N3/c1-6-3-8-4-10-5-11-9(8)12-7(6)2/h3-4,10H,5H2,1-2H3. The van der Waals surface area contributed by atoms with E-state index in [1.165, 1.54) is 5.56 Å². The SMILES string of the molecule is Cc1cc2c(nc1C)=NCNC=2. The fraction of sp³-hybridized carbons (Fsp3) is 0.333. The summed E-state index contributed by atoms with van der Waals surface area (Å²) >= 11 is 0. The highest BCUT2D eigenvalue weighted by Gasteiger charge is 1.98. The highest BCUT2D eigenvalue weighted by molar-refractivity contribution is 5.26. The lowest BCUT2D eigenvalue weighted by atomic mass is 10.2. The zero-order valence-corrected chi connectivity index (χ0v) is 7.26. The first-order valence-corrected chi connectivity index (χ1v) is 4.00. The van der Waals surface area contributed by atoms with Crippen LogP contribution in [0.2, 0.25) is 0 Å². The van der Waals surface area contributed by atoms with Crippen LogP contribution < -0.4 is 16.0 Å². The Morgan fingerprint density at radius 1 is 1.42 bits per heavy atom. The van der Waals surface area contributed by atoms with Crippen LogP contribution in [0.4, 0.5) is 0 Å². The molecule has 12 heavy (non-hydrogen) atoms. The summed E-state index contributed by atoms with van der Waals surface area (Å²) in [5.41, 5.74) is 3.13. The summed E-state index contributed by atoms with van der Waals surface area (Å²) in [4.78, 5) is 8.62. The smallest absolute Gasteiger partial charge is 0.158 e. The predicted molar refractivity (Wildman–Crippen MR) is 47.0 cm³/mol. The molecular weight excluding hydrogens is 150 g/mol. The zero-order chi connectivity index (χ0) is 8.55. The van der Waals surface area contributed by atoms with Crippen LogP contribution in [-0.2, 0) is 0 Å². The largest absolute Gasteiger partial charge is 0.372 e. The Labute approximate surface area is 70.9 Å². The van der Waals surface area contributed by atoms with Crippen LogP contribution in [0.25, 0.3) is 6.20 Å². The van der Waals surface area contributed by atoms with Gasteiger partial charge in [-0.05, 0) is 25.5 Å². The molecule has 0 aromatic carbocycles. The lowest BCUT2D eigenvalue weighted by Gasteiger charge is -2.04. The molecule has 2 heterocycles. The number of aryl methyl sites for hydroxylation is 2. The summed E-state index contributed by atoms with van der Waals surface area (Å²) in [6, 6.07) is 2.10. The molecule has 1 N–H and O–H groups in total. The molecule has 62 valence electrons. The maximum atomic E-state index is 4.38. The number of aromatic nitrogens is 1. The van der Waals surface area contributed by atoms with Crippen molar-refractivity contribution in [3.63, 3.8) is 0 Å². The maximum Gasteiger partial charge on any atom is 0.158 e. The van der Waals surface area contributed by atoms with E-state index in [4.69, 9.17) is 0 Å². The monoisotopic (exact) mass is 161 g/mol. The minimum atomic E-state index is 0.641. The molecule has 0 aliphatic carbocycles. The van der Waals surface area contributed by atoms with Crippen molar-refractivity contribution in [2.24, 2.45) is 4.99 Å². The van der Waals surface area contributed by atoms with E-state index < -0.39 is 0 Å². The average Bonchev–Trinajstić information content (AvgIpc) is 2.07. The number of nitrogens with zero attached hydrogens (tertiary/aromatic N) is 2. The number of rotatable bonds is 0. The fourth-order valence-electron chi connectivity index (χ4n) is 1.22. The molecule has 1 aliphatic rings. The molecule has 3 heteroatoms. The molecule has 1 aliphatic heterocycles. The number of hydrogen-bond acceptors (Lipinski definition) is 3. The van der Waals surface area contributed by atoms with Gasteiger partial charge in [0.15, 0.2) is 5.49 Å². The van der Waals surface area contributed by atoms with Crippen LogP contribution in [0.3, 0.4) is 0 Å². The summed E-state index contributed by atoms with van der Waals surface area (Å²) < 4.78 is 0. The van der Waals surface area contributed by atoms with Crippen molar-refractivity contribution in [3.05, 3.63) is 28.0 Å². The molecule has 0 saturated carbocycles. The topological polar surface area (TPSA) is 37.3 Å². The quantitative estimate of drug-likeness (QED) is 0.563. The van der Waals surface area contributed by atoms with Gasteiger partial charge in [-0.1, -0.05) is 0 Å². The minimum absolute atomic E-state index is 0.641. The molecule has 0 radical (unpaired) electrons. The summed E-state index contributed by atoms with van der Waals surface area (Å²) in [5.74, 6) is 0. The van der Waals surface area contributed by atoms with Crippen LogP contribution in [0.5, 0.6) is 0 Å². The van der Waals surface area contributed by atoms with Gasteiger partial charge in [-0.25, -0.2) is 9.98 Å². The maximum absolute atomic E-state index is 4.38. The molecule has 0 saturated heterocycles. The normalized spacial score (nSPS) is 13.8. The van der Waals surface area contributed by atoms with E-state index in [1.54, 1.807) is 0 Å². The third-order valence-electron chi connectivity index (χ3n) is 2.05. The summed E-state index contributed by atoms with van der Waals surface area (Å²) in [6.45, 7) is 4.71. The van der Waals surface area contributed by atoms with Gasteiger partial charge in [0.2, 0.25) is 0 Å². The summed E-state index contributed by atoms with van der Waals surface area (Å²) in [6.07, 6.45) is 1.96. The van der Waals surface area contributed by atoms with Crippen molar-refractivity contribution in [1.82, 2.24) is 10.3 Å². The fourth-order valence-corrected chi connectivity index (χ4v) is 1.22. The Morgan fingerprint density at radius 2 is 2.25 bits per heavy atom. The zero-order valence-electron chi connectivity index (χ0n) is 7.26. The second kappa shape index (κ2) is 2.59. The Balaban J connectivity index is 2.82. The van der Waals surface area contributed by atoms with Gasteiger partial charge in [-0.15, -0.1) is 0 Å². The highest BCUT2D eigenvalue weighted by atomic mass is 15.0. The van der Waals surface area contributed by atoms with Gasteiger partial charge in [0, 0.05) is 17.1 Å². The Morgan fingerprint density at radius 3 is 3.08 bits per heavy atom. The molecule has 0 atom stereocenters. The van der Waals surface area contributed by atoms with Crippen molar-refractivity contribution in [2.45, 2.75) is 13.8 Å². The van der Waals surface area contributed by atoms with Crippen LogP contribution in [0, 0.1) is 13.8 Å². The molecule has 0 unspecified atom stereocenters. The molecule has 0 bridgehead atoms. The first-order valence-electron chi connectivity index (χ1n) is 4.00. The molecule has 1 aromatic rings. The number of fused-ring (bicyclic) bond motifs is 1. The lowest BCUT2D eigenvalue weighted by molar-refractivity contribution is 0.834. The third kappa shape index (κ3) is 1.07. The first-order chi connectivity index (χ1) is 5.77. The van der Waals surface area contributed by atoms with E-state index in [-0.39, 0.29) is 0 Å². The van der Waals surface area contributed by atoms with Crippen molar-refractivity contribution in [2.75, 3.05) is 6.67 Å². The van der Waals surface area contributed by atoms with Crippen molar-refractivity contribution in [1.29, 1.82) is 0 Å². The highest BCUT2D eigenvalue weighted by Crippen LogP contribution is 1.94. The van der Waals surface area contributed by atoms with Crippen LogP contribution in [-0.4, -0.2) is 11.7 Å². The molecule has 2 rings (SSSR count). The van der Waals surface area contributed by atoms with Gasteiger partial charge in [0.1, 0.15) is 6.67 Å². The number of pyridine rings is 1. The first kappa shape index (κ1) is 7.28. The van der Waals surface area contributed by atoms with E-state index >= 15 is 0 Å². The van der Waals surface area contributed by atoms with E-state index in [0.717, 1.165) is 16.4 Å². The molecule has 0 amide bonds. The predicted octanol–water partition coefficient (Wildman–Crippen LogP) is -0.383. The molecule has 0 fully saturated rings. The van der Waals surface area contributed by atoms with Crippen LogP contribution >= 0.6 is 0 Å². The van der Waals surface area contributed by atoms with Gasteiger partial charge in [0.25, 0.3) is 0 Å². The van der Waals surface area contributed by atoms with Crippen molar-refractivity contribution in [3.8, 4) is 0 Å². The van der Waals surface area contributed by atoms with Crippen LogP contribution in [0.15, 0.2) is 11.1 Å². The van der Waals surface area contributed by atoms with E-state index in [2.05, 4.69) is 28.3 Å². The summed E-state index contributed by atoms with van der Waals surface area (Å²) in [7, 11) is 0. The Hall–Kier alpha value is -1.38. The second-order valence-corrected chi connectivity index (χ2v) is 2.97. The van der Waals surface area contributed by atoms with E-state index in [0.29, 0.717) is 6.67 Å². The van der Waals surface area contributed by atoms with E-state index in [1.807, 2.05) is 13.1 Å². The van der Waals surface area contributed by atoms with Gasteiger partial charge in [-0.2, -0.15) is 0 Å².